The van der Waals surface area contributed by atoms with E-state index in [1.54, 1.807) is 0 Å². The molecule has 7 rings (SSSR count). The molecule has 0 radical (unpaired) electrons. The Bertz CT molecular complexity index is 1770. The zero-order chi connectivity index (χ0) is 30.0. The lowest BCUT2D eigenvalue weighted by Crippen LogP contribution is -2.34. The van der Waals surface area contributed by atoms with Gasteiger partial charge < -0.3 is 0 Å². The van der Waals surface area contributed by atoms with Gasteiger partial charge in [0.25, 0.3) is 11.4 Å². The SMILES string of the molecule is OOC1(c2ccccc2)N=C(c2ccc(C3=NC(OO)(c4ccccc4)C(c4ccccc4)=N3)cc2)N=C1c1ccccc1. The molecule has 5 aromatic rings. The molecule has 2 N–H and O–H groups in total. The van der Waals surface area contributed by atoms with E-state index in [0.29, 0.717) is 45.3 Å². The van der Waals surface area contributed by atoms with E-state index in [-0.39, 0.29) is 0 Å². The van der Waals surface area contributed by atoms with Crippen LogP contribution < -0.4 is 0 Å². The highest BCUT2D eigenvalue weighted by molar-refractivity contribution is 6.22. The molecule has 0 saturated heterocycles. The minimum Gasteiger partial charge on any atom is -0.249 e. The van der Waals surface area contributed by atoms with Crippen LogP contribution in [-0.2, 0) is 21.2 Å². The standard InChI is InChI=1S/C36H26N4O4/c41-43-35(29-17-9-3-10-18-29)31(25-13-5-1-6-14-25)37-33(39-35)27-21-23-28(24-22-27)34-38-32(26-15-7-2-8-16-26)36(40-34,44-42)30-19-11-4-12-20-30/h1-24,41-42H. The number of amidine groups is 2. The van der Waals surface area contributed by atoms with Gasteiger partial charge in [0, 0.05) is 33.4 Å². The molecular formula is C36H26N4O4. The maximum atomic E-state index is 10.3. The van der Waals surface area contributed by atoms with Crippen molar-refractivity contribution in [2.45, 2.75) is 11.4 Å². The van der Waals surface area contributed by atoms with Gasteiger partial charge in [0.1, 0.15) is 11.4 Å². The molecular weight excluding hydrogens is 552 g/mol. The van der Waals surface area contributed by atoms with Crippen molar-refractivity contribution in [2.75, 3.05) is 0 Å². The van der Waals surface area contributed by atoms with Gasteiger partial charge in [-0.1, -0.05) is 146 Å². The Balaban J connectivity index is 1.30. The number of hydrogen-bond acceptors (Lipinski definition) is 8. The Morgan fingerprint density at radius 2 is 0.705 bits per heavy atom. The molecule has 0 saturated carbocycles. The third-order valence-electron chi connectivity index (χ3n) is 7.69. The fourth-order valence-corrected chi connectivity index (χ4v) is 5.52. The molecule has 0 fully saturated rings. The lowest BCUT2D eigenvalue weighted by Gasteiger charge is -2.24. The second-order valence-corrected chi connectivity index (χ2v) is 10.3. The van der Waals surface area contributed by atoms with E-state index in [2.05, 4.69) is 0 Å². The van der Waals surface area contributed by atoms with Crippen molar-refractivity contribution >= 4 is 23.1 Å². The minimum absolute atomic E-state index is 0.396. The summed E-state index contributed by atoms with van der Waals surface area (Å²) in [5.74, 6) is 0.792. The van der Waals surface area contributed by atoms with Crippen LogP contribution in [0.2, 0.25) is 0 Å². The summed E-state index contributed by atoms with van der Waals surface area (Å²) in [5.41, 5.74) is 2.10. The molecule has 214 valence electrons. The van der Waals surface area contributed by atoms with Crippen LogP contribution in [0.1, 0.15) is 33.4 Å². The molecule has 0 aromatic heterocycles. The summed E-state index contributed by atoms with van der Waals surface area (Å²) in [6.45, 7) is 0. The topological polar surface area (TPSA) is 108 Å². The molecule has 8 heteroatoms. The van der Waals surface area contributed by atoms with E-state index < -0.39 is 11.4 Å². The Morgan fingerprint density at radius 1 is 0.386 bits per heavy atom. The second kappa shape index (κ2) is 11.4. The Labute approximate surface area is 253 Å². The first-order valence-electron chi connectivity index (χ1n) is 14.0. The number of hydrogen-bond donors (Lipinski definition) is 2. The van der Waals surface area contributed by atoms with Gasteiger partial charge in [-0.3, -0.25) is 0 Å². The molecule has 2 aliphatic rings. The van der Waals surface area contributed by atoms with Crippen molar-refractivity contribution < 1.29 is 20.3 Å². The van der Waals surface area contributed by atoms with E-state index in [1.165, 1.54) is 0 Å². The third kappa shape index (κ3) is 4.59. The van der Waals surface area contributed by atoms with E-state index >= 15 is 0 Å². The average Bonchev–Trinajstić information content (AvgIpc) is 3.71. The molecule has 2 aliphatic heterocycles. The van der Waals surface area contributed by atoms with Crippen LogP contribution >= 0.6 is 0 Å². The van der Waals surface area contributed by atoms with Gasteiger partial charge in [-0.05, 0) is 0 Å². The third-order valence-corrected chi connectivity index (χ3v) is 7.69. The molecule has 5 aromatic carbocycles. The largest absolute Gasteiger partial charge is 0.262 e. The quantitative estimate of drug-likeness (QED) is 0.155. The predicted molar refractivity (Wildman–Crippen MR) is 169 cm³/mol. The van der Waals surface area contributed by atoms with Crippen LogP contribution in [0.25, 0.3) is 0 Å². The highest BCUT2D eigenvalue weighted by atomic mass is 17.1. The lowest BCUT2D eigenvalue weighted by atomic mass is 9.93. The number of nitrogens with zero attached hydrogens (tertiary/aromatic N) is 4. The predicted octanol–water partition coefficient (Wildman–Crippen LogP) is 6.87. The maximum Gasteiger partial charge on any atom is 0.262 e. The normalized spacial score (nSPS) is 21.0. The van der Waals surface area contributed by atoms with Gasteiger partial charge >= 0.3 is 0 Å². The van der Waals surface area contributed by atoms with Gasteiger partial charge in [0.2, 0.25) is 0 Å². The van der Waals surface area contributed by atoms with Crippen molar-refractivity contribution in [1.29, 1.82) is 0 Å². The summed E-state index contributed by atoms with van der Waals surface area (Å²) in [6.07, 6.45) is 0. The first-order chi connectivity index (χ1) is 21.7. The minimum atomic E-state index is -1.53. The second-order valence-electron chi connectivity index (χ2n) is 10.3. The molecule has 2 unspecified atom stereocenters. The summed E-state index contributed by atoms with van der Waals surface area (Å²) >= 11 is 0. The van der Waals surface area contributed by atoms with Crippen molar-refractivity contribution in [2.24, 2.45) is 20.0 Å². The number of aliphatic imine (C=N–C) groups is 4. The summed E-state index contributed by atoms with van der Waals surface area (Å²) < 4.78 is 0. The van der Waals surface area contributed by atoms with Crippen LogP contribution in [-0.4, -0.2) is 33.6 Å². The van der Waals surface area contributed by atoms with Gasteiger partial charge in [0.05, 0.1) is 0 Å². The smallest absolute Gasteiger partial charge is 0.249 e. The molecule has 0 spiro atoms. The van der Waals surface area contributed by atoms with E-state index in [9.17, 15) is 10.5 Å². The van der Waals surface area contributed by atoms with Gasteiger partial charge in [-0.15, -0.1) is 0 Å². The first kappa shape index (κ1) is 27.5. The number of benzene rings is 5. The monoisotopic (exact) mass is 578 g/mol. The molecule has 2 atom stereocenters. The average molecular weight is 579 g/mol. The van der Waals surface area contributed by atoms with E-state index in [1.807, 2.05) is 146 Å². The Morgan fingerprint density at radius 3 is 1.02 bits per heavy atom. The molecule has 44 heavy (non-hydrogen) atoms. The summed E-state index contributed by atoms with van der Waals surface area (Å²) in [6, 6.07) is 45.1. The summed E-state index contributed by atoms with van der Waals surface area (Å²) in [4.78, 5) is 29.6. The number of rotatable bonds is 8. The molecule has 8 nitrogen and oxygen atoms in total. The van der Waals surface area contributed by atoms with Crippen molar-refractivity contribution in [3.05, 3.63) is 179 Å². The summed E-state index contributed by atoms with van der Waals surface area (Å²) in [7, 11) is 0. The zero-order valence-electron chi connectivity index (χ0n) is 23.4. The van der Waals surface area contributed by atoms with Crippen LogP contribution in [0.5, 0.6) is 0 Å². The lowest BCUT2D eigenvalue weighted by molar-refractivity contribution is -0.302. The van der Waals surface area contributed by atoms with Crippen LogP contribution in [0.3, 0.4) is 0 Å². The van der Waals surface area contributed by atoms with Crippen LogP contribution in [0.15, 0.2) is 166 Å². The van der Waals surface area contributed by atoms with Gasteiger partial charge in [0.15, 0.2) is 11.7 Å². The molecule has 2 heterocycles. The van der Waals surface area contributed by atoms with E-state index in [4.69, 9.17) is 29.7 Å². The van der Waals surface area contributed by atoms with Crippen LogP contribution in [0.4, 0.5) is 0 Å². The van der Waals surface area contributed by atoms with Crippen molar-refractivity contribution in [1.82, 2.24) is 0 Å². The highest BCUT2D eigenvalue weighted by Crippen LogP contribution is 2.38. The fraction of sp³-hybridized carbons (Fsp3) is 0.0556. The molecule has 0 amide bonds. The molecule has 0 bridgehead atoms. The summed E-state index contributed by atoms with van der Waals surface area (Å²) in [5, 5.41) is 20.6. The fourth-order valence-electron chi connectivity index (χ4n) is 5.52. The Hall–Kier alpha value is -5.38. The van der Waals surface area contributed by atoms with Gasteiger partial charge in [-0.2, -0.15) is 9.78 Å². The van der Waals surface area contributed by atoms with Gasteiger partial charge in [-0.25, -0.2) is 30.5 Å². The highest BCUT2D eigenvalue weighted by Gasteiger charge is 2.46. The maximum absolute atomic E-state index is 10.3. The van der Waals surface area contributed by atoms with Crippen molar-refractivity contribution in [3.63, 3.8) is 0 Å². The Kier molecular flexibility index (Phi) is 7.09. The zero-order valence-corrected chi connectivity index (χ0v) is 23.4. The first-order valence-corrected chi connectivity index (χ1v) is 14.0. The molecule has 0 aliphatic carbocycles. The van der Waals surface area contributed by atoms with Crippen molar-refractivity contribution in [3.8, 4) is 0 Å². The van der Waals surface area contributed by atoms with E-state index in [0.717, 1.165) is 11.1 Å². The van der Waals surface area contributed by atoms with Crippen LogP contribution in [0, 0.1) is 0 Å².